The quantitative estimate of drug-likeness (QED) is 0.752. The first-order valence-corrected chi connectivity index (χ1v) is 5.52. The maximum Gasteiger partial charge on any atom is 0.0999 e. The Bertz CT molecular complexity index is 382. The van der Waals surface area contributed by atoms with Crippen LogP contribution < -0.4 is 0 Å². The second-order valence-electron chi connectivity index (χ2n) is 4.50. The van der Waals surface area contributed by atoms with Crippen LogP contribution in [0.15, 0.2) is 0 Å². The number of nitriles is 1. The van der Waals surface area contributed by atoms with Crippen LogP contribution in [0.2, 0.25) is 0 Å². The van der Waals surface area contributed by atoms with E-state index in [9.17, 15) is 0 Å². The minimum atomic E-state index is 0.332. The molecule has 0 spiro atoms. The molecule has 1 aliphatic carbocycles. The summed E-state index contributed by atoms with van der Waals surface area (Å²) in [4.78, 5) is 0. The van der Waals surface area contributed by atoms with Gasteiger partial charge in [-0.1, -0.05) is 5.21 Å². The lowest BCUT2D eigenvalue weighted by Gasteiger charge is -2.09. The van der Waals surface area contributed by atoms with Crippen molar-refractivity contribution in [2.24, 2.45) is 5.92 Å². The van der Waals surface area contributed by atoms with E-state index in [4.69, 9.17) is 5.26 Å². The van der Waals surface area contributed by atoms with Crippen LogP contribution in [0.5, 0.6) is 0 Å². The highest BCUT2D eigenvalue weighted by molar-refractivity contribution is 5.16. The second kappa shape index (κ2) is 4.01. The topological polar surface area (TPSA) is 54.5 Å². The predicted molar refractivity (Wildman–Crippen MR) is 56.2 cm³/mol. The van der Waals surface area contributed by atoms with E-state index in [0.717, 1.165) is 18.0 Å². The average molecular weight is 204 g/mol. The van der Waals surface area contributed by atoms with Gasteiger partial charge in [-0.2, -0.15) is 5.26 Å². The molecular weight excluding hydrogens is 188 g/mol. The maximum absolute atomic E-state index is 8.71. The number of hydrogen-bond donors (Lipinski definition) is 0. The van der Waals surface area contributed by atoms with Gasteiger partial charge in [0.15, 0.2) is 0 Å². The maximum atomic E-state index is 8.71. The molecule has 0 unspecified atom stereocenters. The molecule has 0 atom stereocenters. The Balaban J connectivity index is 2.26. The van der Waals surface area contributed by atoms with E-state index in [1.165, 1.54) is 18.5 Å². The van der Waals surface area contributed by atoms with Crippen molar-refractivity contribution in [3.05, 3.63) is 11.4 Å². The minimum absolute atomic E-state index is 0.332. The molecule has 4 heteroatoms. The van der Waals surface area contributed by atoms with Crippen LogP contribution in [0.25, 0.3) is 0 Å². The van der Waals surface area contributed by atoms with E-state index in [1.807, 2.05) is 4.68 Å². The molecule has 0 amide bonds. The molecule has 1 saturated carbocycles. The van der Waals surface area contributed by atoms with Gasteiger partial charge < -0.3 is 0 Å². The van der Waals surface area contributed by atoms with Crippen LogP contribution in [0.1, 0.15) is 44.1 Å². The smallest absolute Gasteiger partial charge is 0.0999 e. The number of rotatable bonds is 4. The third-order valence-electron chi connectivity index (χ3n) is 2.79. The number of hydrogen-bond acceptors (Lipinski definition) is 3. The number of nitrogens with zero attached hydrogens (tertiary/aromatic N) is 4. The molecule has 2 rings (SSSR count). The fourth-order valence-electron chi connectivity index (χ4n) is 1.78. The van der Waals surface area contributed by atoms with Crippen molar-refractivity contribution in [3.63, 3.8) is 0 Å². The van der Waals surface area contributed by atoms with Crippen molar-refractivity contribution in [2.45, 2.75) is 45.6 Å². The van der Waals surface area contributed by atoms with E-state index >= 15 is 0 Å². The summed E-state index contributed by atoms with van der Waals surface area (Å²) in [5.74, 6) is 0.804. The van der Waals surface area contributed by atoms with Gasteiger partial charge in [0.05, 0.1) is 23.9 Å². The van der Waals surface area contributed by atoms with Crippen molar-refractivity contribution < 1.29 is 0 Å². The average Bonchev–Trinajstić information content (AvgIpc) is 2.90. The highest BCUT2D eigenvalue weighted by Crippen LogP contribution is 2.33. The van der Waals surface area contributed by atoms with Crippen LogP contribution in [-0.2, 0) is 12.8 Å². The Kier molecular flexibility index (Phi) is 2.72. The van der Waals surface area contributed by atoms with Crippen molar-refractivity contribution in [2.75, 3.05) is 0 Å². The Morgan fingerprint density at radius 3 is 2.80 bits per heavy atom. The molecular formula is C11H16N4. The van der Waals surface area contributed by atoms with Crippen LogP contribution >= 0.6 is 0 Å². The third kappa shape index (κ3) is 2.17. The summed E-state index contributed by atoms with van der Waals surface area (Å²) in [6, 6.07) is 2.49. The monoisotopic (exact) mass is 204 g/mol. The molecule has 80 valence electrons. The van der Waals surface area contributed by atoms with Crippen LogP contribution in [-0.4, -0.2) is 15.0 Å². The molecule has 0 N–H and O–H groups in total. The molecule has 15 heavy (non-hydrogen) atoms. The zero-order valence-corrected chi connectivity index (χ0v) is 9.27. The summed E-state index contributed by atoms with van der Waals surface area (Å²) in [6.07, 6.45) is 4.06. The van der Waals surface area contributed by atoms with Crippen LogP contribution in [0.3, 0.4) is 0 Å². The molecule has 1 fully saturated rings. The molecule has 0 saturated heterocycles. The van der Waals surface area contributed by atoms with Gasteiger partial charge in [-0.05, 0) is 39.0 Å². The zero-order valence-electron chi connectivity index (χ0n) is 9.27. The predicted octanol–water partition coefficient (Wildman–Crippen LogP) is 1.88. The first kappa shape index (κ1) is 10.2. The van der Waals surface area contributed by atoms with E-state index in [-0.39, 0.29) is 0 Å². The zero-order chi connectivity index (χ0) is 10.8. The minimum Gasteiger partial charge on any atom is -0.247 e. The standard InChI is InChI=1S/C11H16N4/c1-8(2)15-11(7-9-3-4-9)10(5-6-12)13-14-15/h8-9H,3-5,7H2,1-2H3. The molecule has 1 aromatic heterocycles. The second-order valence-corrected chi connectivity index (χ2v) is 4.50. The van der Waals surface area contributed by atoms with E-state index in [2.05, 4.69) is 30.2 Å². The molecule has 1 aliphatic rings. The SMILES string of the molecule is CC(C)n1nnc(CC#N)c1CC1CC1. The molecule has 0 radical (unpaired) electrons. The van der Waals surface area contributed by atoms with Gasteiger partial charge in [0.25, 0.3) is 0 Å². The third-order valence-corrected chi connectivity index (χ3v) is 2.79. The van der Waals surface area contributed by atoms with E-state index in [0.29, 0.717) is 12.5 Å². The van der Waals surface area contributed by atoms with Gasteiger partial charge >= 0.3 is 0 Å². The highest BCUT2D eigenvalue weighted by atomic mass is 15.4. The fraction of sp³-hybridized carbons (Fsp3) is 0.727. The molecule has 4 nitrogen and oxygen atoms in total. The van der Waals surface area contributed by atoms with Gasteiger partial charge in [0.1, 0.15) is 0 Å². The number of aromatic nitrogens is 3. The molecule has 1 heterocycles. The van der Waals surface area contributed by atoms with E-state index < -0.39 is 0 Å². The Morgan fingerprint density at radius 1 is 1.53 bits per heavy atom. The van der Waals surface area contributed by atoms with Gasteiger partial charge in [0, 0.05) is 6.04 Å². The summed E-state index contributed by atoms with van der Waals surface area (Å²) in [5.41, 5.74) is 2.05. The normalized spacial score (nSPS) is 15.6. The lowest BCUT2D eigenvalue weighted by Crippen LogP contribution is -2.09. The fourth-order valence-corrected chi connectivity index (χ4v) is 1.78. The van der Waals surface area contributed by atoms with Crippen LogP contribution in [0, 0.1) is 17.2 Å². The Morgan fingerprint density at radius 2 is 2.27 bits per heavy atom. The van der Waals surface area contributed by atoms with Gasteiger partial charge in [-0.25, -0.2) is 4.68 Å². The Hall–Kier alpha value is -1.37. The lowest BCUT2D eigenvalue weighted by atomic mass is 10.1. The van der Waals surface area contributed by atoms with Crippen molar-refractivity contribution >= 4 is 0 Å². The largest absolute Gasteiger partial charge is 0.247 e. The lowest BCUT2D eigenvalue weighted by molar-refractivity contribution is 0.488. The summed E-state index contributed by atoms with van der Waals surface area (Å²) in [6.45, 7) is 4.20. The summed E-state index contributed by atoms with van der Waals surface area (Å²) >= 11 is 0. The summed E-state index contributed by atoms with van der Waals surface area (Å²) in [5, 5.41) is 16.9. The molecule has 0 aliphatic heterocycles. The summed E-state index contributed by atoms with van der Waals surface area (Å²) in [7, 11) is 0. The molecule has 0 bridgehead atoms. The summed E-state index contributed by atoms with van der Waals surface area (Å²) < 4.78 is 1.96. The van der Waals surface area contributed by atoms with Crippen LogP contribution in [0.4, 0.5) is 0 Å². The highest BCUT2D eigenvalue weighted by Gasteiger charge is 2.26. The Labute approximate surface area is 89.9 Å². The van der Waals surface area contributed by atoms with Crippen molar-refractivity contribution in [1.82, 2.24) is 15.0 Å². The van der Waals surface area contributed by atoms with Crippen molar-refractivity contribution in [1.29, 1.82) is 5.26 Å². The molecule has 0 aromatic carbocycles. The molecule has 1 aromatic rings. The first-order chi connectivity index (χ1) is 7.22. The van der Waals surface area contributed by atoms with Gasteiger partial charge in [-0.3, -0.25) is 0 Å². The van der Waals surface area contributed by atoms with E-state index in [1.54, 1.807) is 0 Å². The first-order valence-electron chi connectivity index (χ1n) is 5.52. The van der Waals surface area contributed by atoms with Gasteiger partial charge in [-0.15, -0.1) is 5.10 Å². The van der Waals surface area contributed by atoms with Crippen molar-refractivity contribution in [3.8, 4) is 6.07 Å². The van der Waals surface area contributed by atoms with Gasteiger partial charge in [0.2, 0.25) is 0 Å².